The average molecular weight is 601 g/mol. The summed E-state index contributed by atoms with van der Waals surface area (Å²) in [6.45, 7) is 14.5. The highest BCUT2D eigenvalue weighted by molar-refractivity contribution is 5.79. The number of aryl methyl sites for hydroxylation is 1. The van der Waals surface area contributed by atoms with E-state index < -0.39 is 29.9 Å². The number of benzene rings is 2. The van der Waals surface area contributed by atoms with E-state index in [0.29, 0.717) is 35.9 Å². The lowest BCUT2D eigenvalue weighted by molar-refractivity contribution is -0.152. The Labute approximate surface area is 259 Å². The van der Waals surface area contributed by atoms with Gasteiger partial charge in [0.15, 0.2) is 0 Å². The molecule has 0 unspecified atom stereocenters. The number of carbonyl (C=O) groups is 3. The number of esters is 3. The number of hydrogen-bond donors (Lipinski definition) is 0. The van der Waals surface area contributed by atoms with Crippen molar-refractivity contribution in [3.8, 4) is 5.75 Å². The maximum atomic E-state index is 13.7. The summed E-state index contributed by atoms with van der Waals surface area (Å²) in [4.78, 5) is 36.7. The fourth-order valence-electron chi connectivity index (χ4n) is 4.64. The van der Waals surface area contributed by atoms with Gasteiger partial charge in [-0.25, -0.2) is 0 Å². The van der Waals surface area contributed by atoms with Crippen molar-refractivity contribution in [3.05, 3.63) is 119 Å². The molecular formula is C36H40O8. The minimum atomic E-state index is -0.674. The first-order valence-corrected chi connectivity index (χ1v) is 14.3. The molecule has 8 nitrogen and oxygen atoms in total. The predicted octanol–water partition coefficient (Wildman–Crippen LogP) is 6.87. The summed E-state index contributed by atoms with van der Waals surface area (Å²) in [6.07, 6.45) is 8.41. The zero-order valence-electron chi connectivity index (χ0n) is 26.0. The quantitative estimate of drug-likeness (QED) is 0.0856. The average Bonchev–Trinajstić information content (AvgIpc) is 2.99. The predicted molar refractivity (Wildman–Crippen MR) is 169 cm³/mol. The molecule has 0 radical (unpaired) electrons. The summed E-state index contributed by atoms with van der Waals surface area (Å²) < 4.78 is 27.8. The summed E-state index contributed by atoms with van der Waals surface area (Å²) in [7, 11) is 1.56. The fraction of sp³-hybridized carbons (Fsp3) is 0.306. The van der Waals surface area contributed by atoms with Gasteiger partial charge in [0.2, 0.25) is 0 Å². The molecule has 2 aromatic rings. The summed E-state index contributed by atoms with van der Waals surface area (Å²) in [5.41, 5.74) is 4.31. The smallest absolute Gasteiger partial charge is 0.313 e. The minimum Gasteiger partial charge on any atom is -0.497 e. The highest BCUT2D eigenvalue weighted by atomic mass is 16.6. The van der Waals surface area contributed by atoms with E-state index in [1.54, 1.807) is 43.5 Å². The molecule has 44 heavy (non-hydrogen) atoms. The van der Waals surface area contributed by atoms with Gasteiger partial charge in [0.1, 0.15) is 23.4 Å². The van der Waals surface area contributed by atoms with Crippen LogP contribution >= 0.6 is 0 Å². The van der Waals surface area contributed by atoms with E-state index >= 15 is 0 Å². The van der Waals surface area contributed by atoms with Crippen LogP contribution < -0.4 is 4.74 Å². The van der Waals surface area contributed by atoms with Crippen LogP contribution in [0.4, 0.5) is 0 Å². The Morgan fingerprint density at radius 2 is 1.82 bits per heavy atom. The second kappa shape index (κ2) is 16.2. The van der Waals surface area contributed by atoms with Crippen molar-refractivity contribution < 1.29 is 38.1 Å². The molecule has 0 N–H and O–H groups in total. The molecule has 3 atom stereocenters. The summed E-state index contributed by atoms with van der Waals surface area (Å²) >= 11 is 0. The molecule has 0 bridgehead atoms. The van der Waals surface area contributed by atoms with E-state index in [1.807, 2.05) is 50.3 Å². The van der Waals surface area contributed by atoms with Gasteiger partial charge in [-0.2, -0.15) is 0 Å². The molecule has 3 rings (SSSR count). The lowest BCUT2D eigenvalue weighted by atomic mass is 9.87. The third-order valence-electron chi connectivity index (χ3n) is 7.08. The lowest BCUT2D eigenvalue weighted by Crippen LogP contribution is -2.37. The first-order chi connectivity index (χ1) is 21.0. The molecular weight excluding hydrogens is 560 g/mol. The van der Waals surface area contributed by atoms with E-state index in [0.717, 1.165) is 22.3 Å². The first-order valence-electron chi connectivity index (χ1n) is 14.3. The van der Waals surface area contributed by atoms with Crippen molar-refractivity contribution in [3.63, 3.8) is 0 Å². The van der Waals surface area contributed by atoms with Crippen molar-refractivity contribution >= 4 is 24.0 Å². The second-order valence-corrected chi connectivity index (χ2v) is 10.4. The number of hydrogen-bond acceptors (Lipinski definition) is 8. The van der Waals surface area contributed by atoms with Crippen LogP contribution in [0.15, 0.2) is 97.0 Å². The van der Waals surface area contributed by atoms with E-state index in [9.17, 15) is 14.4 Å². The maximum Gasteiger partial charge on any atom is 0.313 e. The fourth-order valence-corrected chi connectivity index (χ4v) is 4.64. The number of methoxy groups -OCH3 is 1. The normalized spacial score (nSPS) is 18.4. The molecule has 2 aromatic carbocycles. The Hall–Kier alpha value is -4.69. The summed E-state index contributed by atoms with van der Waals surface area (Å²) in [5, 5.41) is 0. The van der Waals surface area contributed by atoms with Gasteiger partial charge >= 0.3 is 17.9 Å². The van der Waals surface area contributed by atoms with Crippen LogP contribution in [-0.4, -0.2) is 44.3 Å². The number of ether oxygens (including phenoxy) is 5. The van der Waals surface area contributed by atoms with Gasteiger partial charge in [-0.05, 0) is 66.0 Å². The SMILES string of the molecule is C=CC/C(=C\C=C1/COC[C@@H](c2ccc(OC(C)=O)cc2)[C@H]1OC(=O)[C@@H](C)c1ccc(C)c(/C=C\C(=C)OC)c1)OC(C)=O. The van der Waals surface area contributed by atoms with Crippen LogP contribution in [0, 0.1) is 6.92 Å². The molecule has 1 saturated heterocycles. The molecule has 0 spiro atoms. The Kier molecular flexibility index (Phi) is 12.5. The zero-order chi connectivity index (χ0) is 32.2. The zero-order valence-corrected chi connectivity index (χ0v) is 26.0. The number of rotatable bonds is 12. The van der Waals surface area contributed by atoms with E-state index in [2.05, 4.69) is 13.2 Å². The van der Waals surface area contributed by atoms with Crippen LogP contribution in [0.2, 0.25) is 0 Å². The topological polar surface area (TPSA) is 97.4 Å². The number of carbonyl (C=O) groups excluding carboxylic acids is 3. The number of allylic oxidation sites excluding steroid dienone is 4. The molecule has 0 aromatic heterocycles. The molecule has 0 saturated carbocycles. The van der Waals surface area contributed by atoms with Gasteiger partial charge in [-0.15, -0.1) is 6.58 Å². The van der Waals surface area contributed by atoms with Crippen LogP contribution in [0.5, 0.6) is 5.75 Å². The van der Waals surface area contributed by atoms with Gasteiger partial charge < -0.3 is 23.7 Å². The Morgan fingerprint density at radius 1 is 1.09 bits per heavy atom. The van der Waals surface area contributed by atoms with E-state index in [4.69, 9.17) is 23.7 Å². The largest absolute Gasteiger partial charge is 0.497 e. The van der Waals surface area contributed by atoms with Crippen LogP contribution in [0.1, 0.15) is 61.3 Å². The first kappa shape index (κ1) is 33.8. The van der Waals surface area contributed by atoms with Gasteiger partial charge in [0.25, 0.3) is 0 Å². The molecule has 0 amide bonds. The van der Waals surface area contributed by atoms with Crippen LogP contribution in [0.3, 0.4) is 0 Å². The molecule has 1 aliphatic rings. The van der Waals surface area contributed by atoms with Crippen LogP contribution in [0.25, 0.3) is 6.08 Å². The van der Waals surface area contributed by atoms with Crippen molar-refractivity contribution in [1.29, 1.82) is 0 Å². The lowest BCUT2D eigenvalue weighted by Gasteiger charge is -2.34. The van der Waals surface area contributed by atoms with Gasteiger partial charge in [0, 0.05) is 26.2 Å². The monoisotopic (exact) mass is 600 g/mol. The molecule has 232 valence electrons. The maximum absolute atomic E-state index is 13.7. The standard InChI is InChI=1S/C36H40O8/c1-8-9-32(42-26(5)37)19-16-31-21-41-22-34(28-14-17-33(18-15-28)43-27(6)38)35(31)44-36(39)25(4)30-12-10-23(2)29(20-30)13-11-24(3)40-7/h8,10-20,25,34-35H,1,3,9,21-22H2,2,4-7H3/b13-11-,31-16+,32-19+/t25-,34-,35-/m0/s1. The summed E-state index contributed by atoms with van der Waals surface area (Å²) in [6, 6.07) is 12.9. The third-order valence-corrected chi connectivity index (χ3v) is 7.08. The molecule has 1 fully saturated rings. The Balaban J connectivity index is 1.97. The van der Waals surface area contributed by atoms with E-state index in [-0.39, 0.29) is 12.5 Å². The minimum absolute atomic E-state index is 0.217. The second-order valence-electron chi connectivity index (χ2n) is 10.4. The highest BCUT2D eigenvalue weighted by Crippen LogP contribution is 2.34. The Morgan fingerprint density at radius 3 is 2.45 bits per heavy atom. The third kappa shape index (κ3) is 9.67. The molecule has 8 heteroatoms. The van der Waals surface area contributed by atoms with Crippen molar-refractivity contribution in [1.82, 2.24) is 0 Å². The van der Waals surface area contributed by atoms with Gasteiger partial charge in [0.05, 0.1) is 26.2 Å². The van der Waals surface area contributed by atoms with Crippen molar-refractivity contribution in [2.75, 3.05) is 20.3 Å². The molecule has 0 aliphatic carbocycles. The van der Waals surface area contributed by atoms with E-state index in [1.165, 1.54) is 13.8 Å². The van der Waals surface area contributed by atoms with Crippen LogP contribution in [-0.2, 0) is 33.3 Å². The van der Waals surface area contributed by atoms with Crippen molar-refractivity contribution in [2.45, 2.75) is 52.1 Å². The van der Waals surface area contributed by atoms with Crippen molar-refractivity contribution in [2.24, 2.45) is 0 Å². The molecule has 1 heterocycles. The molecule has 1 aliphatic heterocycles. The van der Waals surface area contributed by atoms with Gasteiger partial charge in [-0.3, -0.25) is 14.4 Å². The summed E-state index contributed by atoms with van der Waals surface area (Å²) in [5.74, 6) is -0.853. The Bertz CT molecular complexity index is 1460. The van der Waals surface area contributed by atoms with Gasteiger partial charge in [-0.1, -0.05) is 55.1 Å². The highest BCUT2D eigenvalue weighted by Gasteiger charge is 2.35.